The van der Waals surface area contributed by atoms with Crippen molar-refractivity contribution in [1.82, 2.24) is 4.90 Å². The monoisotopic (exact) mass is 574 g/mol. The van der Waals surface area contributed by atoms with Gasteiger partial charge in [-0.2, -0.15) is 0 Å². The smallest absolute Gasteiger partial charge is 0.255 e. The number of aryl methyl sites for hydroxylation is 2. The van der Waals surface area contributed by atoms with Crippen molar-refractivity contribution < 1.29 is 9.59 Å². The minimum absolute atomic E-state index is 0.0938. The van der Waals surface area contributed by atoms with Gasteiger partial charge >= 0.3 is 0 Å². The average molecular weight is 576 g/mol. The number of carbonyl (C=O) groups is 2. The third-order valence-corrected chi connectivity index (χ3v) is 8.75. The molecule has 4 nitrogen and oxygen atoms in total. The number of para-hydroxylation sites is 1. The predicted octanol–water partition coefficient (Wildman–Crippen LogP) is 8.32. The van der Waals surface area contributed by atoms with Crippen LogP contribution < -0.4 is 5.32 Å². The summed E-state index contributed by atoms with van der Waals surface area (Å²) in [5.41, 5.74) is 3.66. The van der Waals surface area contributed by atoms with Gasteiger partial charge in [0.05, 0.1) is 0 Å². The average Bonchev–Trinajstić information content (AvgIpc) is 2.89. The van der Waals surface area contributed by atoms with E-state index in [0.29, 0.717) is 30.9 Å². The lowest BCUT2D eigenvalue weighted by Crippen LogP contribution is -2.60. The van der Waals surface area contributed by atoms with Gasteiger partial charge in [0.1, 0.15) is 5.54 Å². The second-order valence-corrected chi connectivity index (χ2v) is 12.7. The molecule has 200 valence electrons. The van der Waals surface area contributed by atoms with Crippen molar-refractivity contribution in [3.8, 4) is 0 Å². The zero-order chi connectivity index (χ0) is 27.5. The molecule has 0 spiro atoms. The maximum absolute atomic E-state index is 14.5. The molecule has 3 aromatic rings. The first kappa shape index (κ1) is 28.1. The summed E-state index contributed by atoms with van der Waals surface area (Å²) in [5.74, 6) is 0.279. The third-order valence-electron chi connectivity index (χ3n) is 8.22. The van der Waals surface area contributed by atoms with Crippen LogP contribution in [0.3, 0.4) is 0 Å². The Hall–Kier alpha value is -2.92. The van der Waals surface area contributed by atoms with Crippen molar-refractivity contribution >= 4 is 33.4 Å². The van der Waals surface area contributed by atoms with Gasteiger partial charge in [-0.3, -0.25) is 9.59 Å². The number of hydrogen-bond acceptors (Lipinski definition) is 2. The summed E-state index contributed by atoms with van der Waals surface area (Å²) in [6.45, 7) is 11.2. The summed E-state index contributed by atoms with van der Waals surface area (Å²) in [7, 11) is 0. The normalized spacial score (nSPS) is 19.6. The molecule has 0 aliphatic heterocycles. The molecule has 1 fully saturated rings. The van der Waals surface area contributed by atoms with Crippen molar-refractivity contribution in [3.63, 3.8) is 0 Å². The molecule has 1 N–H and O–H groups in total. The lowest BCUT2D eigenvalue weighted by Gasteiger charge is -2.49. The molecule has 0 saturated heterocycles. The number of carbonyl (C=O) groups excluding carboxylic acids is 2. The van der Waals surface area contributed by atoms with E-state index < -0.39 is 5.54 Å². The maximum atomic E-state index is 14.5. The van der Waals surface area contributed by atoms with Crippen LogP contribution in [0.2, 0.25) is 0 Å². The van der Waals surface area contributed by atoms with Gasteiger partial charge in [-0.05, 0) is 91.8 Å². The van der Waals surface area contributed by atoms with Crippen molar-refractivity contribution in [2.75, 3.05) is 5.32 Å². The standard InChI is InChI=1S/C33H39BrN2O2/c1-23-10-9-11-24(2)29(23)35-31(38)33(20-18-27(19-21-33)32(3,4)5)36(22-25-12-7-6-8-13-25)30(37)26-14-16-28(34)17-15-26/h6-17,27H,18-22H2,1-5H3,(H,35,38). The molecule has 5 heteroatoms. The number of nitrogens with one attached hydrogen (secondary N) is 1. The molecule has 0 unspecified atom stereocenters. The van der Waals surface area contributed by atoms with Crippen LogP contribution in [0.15, 0.2) is 77.3 Å². The summed E-state index contributed by atoms with van der Waals surface area (Å²) in [6.07, 6.45) is 3.03. The van der Waals surface area contributed by atoms with Crippen LogP contribution in [0.5, 0.6) is 0 Å². The number of anilines is 1. The van der Waals surface area contributed by atoms with Crippen LogP contribution >= 0.6 is 15.9 Å². The number of hydrogen-bond donors (Lipinski definition) is 1. The Balaban J connectivity index is 1.80. The summed E-state index contributed by atoms with van der Waals surface area (Å²) >= 11 is 3.48. The van der Waals surface area contributed by atoms with E-state index in [1.807, 2.05) is 91.5 Å². The summed E-state index contributed by atoms with van der Waals surface area (Å²) in [4.78, 5) is 30.6. The number of amides is 2. The Morgan fingerprint density at radius 1 is 0.895 bits per heavy atom. The second kappa shape index (κ2) is 11.4. The Morgan fingerprint density at radius 3 is 2.03 bits per heavy atom. The molecule has 0 heterocycles. The van der Waals surface area contributed by atoms with Crippen molar-refractivity contribution in [3.05, 3.63) is 99.5 Å². The first-order valence-electron chi connectivity index (χ1n) is 13.5. The fourth-order valence-electron chi connectivity index (χ4n) is 5.75. The Morgan fingerprint density at radius 2 is 1.47 bits per heavy atom. The van der Waals surface area contributed by atoms with Crippen LogP contribution in [0, 0.1) is 25.2 Å². The van der Waals surface area contributed by atoms with Gasteiger partial charge in [0, 0.05) is 22.3 Å². The SMILES string of the molecule is Cc1cccc(C)c1NC(=O)C1(N(Cc2ccccc2)C(=O)c2ccc(Br)cc2)CCC(C(C)(C)C)CC1. The van der Waals surface area contributed by atoms with Crippen LogP contribution in [0.4, 0.5) is 5.69 Å². The van der Waals surface area contributed by atoms with Crippen molar-refractivity contribution in [2.45, 2.75) is 72.4 Å². The molecule has 0 aromatic heterocycles. The second-order valence-electron chi connectivity index (χ2n) is 11.8. The number of benzene rings is 3. The summed E-state index contributed by atoms with van der Waals surface area (Å²) in [6, 6.07) is 23.5. The predicted molar refractivity (Wildman–Crippen MR) is 159 cm³/mol. The van der Waals surface area contributed by atoms with E-state index in [0.717, 1.165) is 39.7 Å². The van der Waals surface area contributed by atoms with E-state index in [4.69, 9.17) is 0 Å². The minimum atomic E-state index is -0.962. The zero-order valence-electron chi connectivity index (χ0n) is 23.2. The van der Waals surface area contributed by atoms with E-state index >= 15 is 0 Å². The molecule has 1 aliphatic carbocycles. The minimum Gasteiger partial charge on any atom is -0.324 e. The highest BCUT2D eigenvalue weighted by molar-refractivity contribution is 9.10. The molecule has 1 aliphatic rings. The molecule has 0 bridgehead atoms. The quantitative estimate of drug-likeness (QED) is 0.321. The Kier molecular flexibility index (Phi) is 8.46. The highest BCUT2D eigenvalue weighted by Crippen LogP contribution is 2.45. The zero-order valence-corrected chi connectivity index (χ0v) is 24.8. The summed E-state index contributed by atoms with van der Waals surface area (Å²) in [5, 5.41) is 3.28. The lowest BCUT2D eigenvalue weighted by molar-refractivity contribution is -0.130. The molecule has 1 saturated carbocycles. The largest absolute Gasteiger partial charge is 0.324 e. The fraction of sp³-hybridized carbons (Fsp3) is 0.394. The number of rotatable bonds is 6. The number of halogens is 1. The lowest BCUT2D eigenvalue weighted by atomic mass is 9.66. The van der Waals surface area contributed by atoms with E-state index in [1.165, 1.54) is 0 Å². The Bertz CT molecular complexity index is 1250. The number of nitrogens with zero attached hydrogens (tertiary/aromatic N) is 1. The Labute approximate surface area is 236 Å². The van der Waals surface area contributed by atoms with Gasteiger partial charge in [0.15, 0.2) is 0 Å². The van der Waals surface area contributed by atoms with Gasteiger partial charge in [-0.25, -0.2) is 0 Å². The highest BCUT2D eigenvalue weighted by atomic mass is 79.9. The molecular weight excluding hydrogens is 536 g/mol. The van der Waals surface area contributed by atoms with Crippen LogP contribution in [0.1, 0.15) is 73.5 Å². The van der Waals surface area contributed by atoms with Crippen LogP contribution in [-0.4, -0.2) is 22.3 Å². The van der Waals surface area contributed by atoms with E-state index in [-0.39, 0.29) is 17.2 Å². The van der Waals surface area contributed by atoms with Crippen LogP contribution in [-0.2, 0) is 11.3 Å². The molecule has 0 radical (unpaired) electrons. The van der Waals surface area contributed by atoms with Gasteiger partial charge in [0.2, 0.25) is 5.91 Å². The van der Waals surface area contributed by atoms with Crippen LogP contribution in [0.25, 0.3) is 0 Å². The van der Waals surface area contributed by atoms with Gasteiger partial charge in [-0.1, -0.05) is 85.2 Å². The van der Waals surface area contributed by atoms with E-state index in [2.05, 4.69) is 42.0 Å². The van der Waals surface area contributed by atoms with Gasteiger partial charge in [0.25, 0.3) is 5.91 Å². The van der Waals surface area contributed by atoms with Crippen molar-refractivity contribution in [1.29, 1.82) is 0 Å². The third kappa shape index (κ3) is 6.04. The maximum Gasteiger partial charge on any atom is 0.255 e. The molecule has 2 amide bonds. The summed E-state index contributed by atoms with van der Waals surface area (Å²) < 4.78 is 0.914. The molecular formula is C33H39BrN2O2. The van der Waals surface area contributed by atoms with Crippen molar-refractivity contribution in [2.24, 2.45) is 11.3 Å². The highest BCUT2D eigenvalue weighted by Gasteiger charge is 2.50. The molecule has 4 rings (SSSR count). The van der Waals surface area contributed by atoms with Gasteiger partial charge in [-0.15, -0.1) is 0 Å². The van der Waals surface area contributed by atoms with E-state index in [9.17, 15) is 9.59 Å². The first-order chi connectivity index (χ1) is 18.0. The fourth-order valence-corrected chi connectivity index (χ4v) is 6.02. The molecule has 38 heavy (non-hydrogen) atoms. The van der Waals surface area contributed by atoms with Gasteiger partial charge < -0.3 is 10.2 Å². The van der Waals surface area contributed by atoms with E-state index in [1.54, 1.807) is 0 Å². The topological polar surface area (TPSA) is 49.4 Å². The first-order valence-corrected chi connectivity index (χ1v) is 14.3. The molecule has 3 aromatic carbocycles. The molecule has 0 atom stereocenters.